The number of aliphatic imine (C=N–C) groups is 1. The van der Waals surface area contributed by atoms with Gasteiger partial charge in [0.1, 0.15) is 0 Å². The average molecular weight is 375 g/mol. The van der Waals surface area contributed by atoms with Crippen molar-refractivity contribution in [2.24, 2.45) is 10.9 Å². The van der Waals surface area contributed by atoms with Crippen molar-refractivity contribution in [1.82, 2.24) is 10.6 Å². The Bertz CT molecular complexity index is 350. The van der Waals surface area contributed by atoms with Gasteiger partial charge in [-0.05, 0) is 24.3 Å². The van der Waals surface area contributed by atoms with E-state index in [1.165, 1.54) is 12.0 Å². The molecule has 0 saturated heterocycles. The van der Waals surface area contributed by atoms with Gasteiger partial charge in [-0.1, -0.05) is 44.2 Å². The van der Waals surface area contributed by atoms with E-state index in [1.54, 1.807) is 0 Å². The van der Waals surface area contributed by atoms with Crippen LogP contribution in [0.15, 0.2) is 35.3 Å². The van der Waals surface area contributed by atoms with Gasteiger partial charge < -0.3 is 10.6 Å². The van der Waals surface area contributed by atoms with Crippen LogP contribution in [0.3, 0.4) is 0 Å². The lowest BCUT2D eigenvalue weighted by Gasteiger charge is -2.12. The summed E-state index contributed by atoms with van der Waals surface area (Å²) in [5.41, 5.74) is 1.35. The molecule has 1 rings (SSSR count). The first-order chi connectivity index (χ1) is 8.72. The first-order valence-corrected chi connectivity index (χ1v) is 6.71. The van der Waals surface area contributed by atoms with Crippen molar-refractivity contribution in [1.29, 1.82) is 0 Å². The molecule has 0 spiro atoms. The minimum absolute atomic E-state index is 0. The van der Waals surface area contributed by atoms with Gasteiger partial charge in [-0.3, -0.25) is 4.99 Å². The minimum Gasteiger partial charge on any atom is -0.356 e. The van der Waals surface area contributed by atoms with Gasteiger partial charge in [-0.15, -0.1) is 24.0 Å². The molecule has 0 aliphatic carbocycles. The van der Waals surface area contributed by atoms with Crippen molar-refractivity contribution in [3.8, 4) is 0 Å². The second-order valence-electron chi connectivity index (χ2n) is 4.84. The molecule has 0 amide bonds. The van der Waals surface area contributed by atoms with Crippen LogP contribution in [-0.2, 0) is 6.42 Å². The fourth-order valence-electron chi connectivity index (χ4n) is 1.67. The summed E-state index contributed by atoms with van der Waals surface area (Å²) in [7, 11) is 1.81. The third kappa shape index (κ3) is 8.86. The van der Waals surface area contributed by atoms with E-state index in [0.29, 0.717) is 0 Å². The van der Waals surface area contributed by atoms with Crippen LogP contribution in [0.25, 0.3) is 0 Å². The molecule has 4 heteroatoms. The Balaban J connectivity index is 0.00000324. The van der Waals surface area contributed by atoms with Crippen LogP contribution in [0.2, 0.25) is 0 Å². The maximum absolute atomic E-state index is 4.21. The Morgan fingerprint density at radius 2 is 1.74 bits per heavy atom. The molecule has 0 aliphatic rings. The highest BCUT2D eigenvalue weighted by Crippen LogP contribution is 1.98. The van der Waals surface area contributed by atoms with Crippen molar-refractivity contribution in [3.05, 3.63) is 35.9 Å². The summed E-state index contributed by atoms with van der Waals surface area (Å²) in [6.07, 6.45) is 2.19. The topological polar surface area (TPSA) is 36.4 Å². The van der Waals surface area contributed by atoms with Gasteiger partial charge in [-0.25, -0.2) is 0 Å². The van der Waals surface area contributed by atoms with Gasteiger partial charge in [-0.2, -0.15) is 0 Å². The Morgan fingerprint density at radius 3 is 2.32 bits per heavy atom. The normalized spacial score (nSPS) is 11.1. The Kier molecular flexibility index (Phi) is 10.6. The zero-order chi connectivity index (χ0) is 13.2. The summed E-state index contributed by atoms with van der Waals surface area (Å²) in [5, 5.41) is 6.66. The van der Waals surface area contributed by atoms with Crippen molar-refractivity contribution in [3.63, 3.8) is 0 Å². The lowest BCUT2D eigenvalue weighted by molar-refractivity contribution is 0.573. The first kappa shape index (κ1) is 18.2. The molecule has 0 bridgehead atoms. The Hall–Kier alpha value is -0.780. The Morgan fingerprint density at radius 1 is 1.11 bits per heavy atom. The van der Waals surface area contributed by atoms with E-state index in [2.05, 4.69) is 53.7 Å². The largest absolute Gasteiger partial charge is 0.356 e. The van der Waals surface area contributed by atoms with Crippen molar-refractivity contribution in [2.75, 3.05) is 20.1 Å². The third-order valence-electron chi connectivity index (χ3n) is 2.79. The van der Waals surface area contributed by atoms with E-state index in [4.69, 9.17) is 0 Å². The van der Waals surface area contributed by atoms with Gasteiger partial charge in [0.25, 0.3) is 0 Å². The van der Waals surface area contributed by atoms with Crippen LogP contribution in [-0.4, -0.2) is 26.1 Å². The van der Waals surface area contributed by atoms with Crippen LogP contribution in [0.5, 0.6) is 0 Å². The van der Waals surface area contributed by atoms with Crippen molar-refractivity contribution in [2.45, 2.75) is 26.7 Å². The molecule has 0 aromatic heterocycles. The lowest BCUT2D eigenvalue weighted by Crippen LogP contribution is -2.39. The summed E-state index contributed by atoms with van der Waals surface area (Å²) in [5.74, 6) is 1.62. The molecule has 3 nitrogen and oxygen atoms in total. The van der Waals surface area contributed by atoms with Gasteiger partial charge in [0.15, 0.2) is 5.96 Å². The fourth-order valence-corrected chi connectivity index (χ4v) is 1.67. The predicted molar refractivity (Wildman–Crippen MR) is 94.4 cm³/mol. The van der Waals surface area contributed by atoms with Gasteiger partial charge >= 0.3 is 0 Å². The van der Waals surface area contributed by atoms with Crippen LogP contribution in [0, 0.1) is 5.92 Å². The molecule has 0 atom stereocenters. The van der Waals surface area contributed by atoms with Gasteiger partial charge in [0.05, 0.1) is 0 Å². The molecule has 0 radical (unpaired) electrons. The second-order valence-corrected chi connectivity index (χ2v) is 4.84. The maximum atomic E-state index is 4.21. The SMILES string of the molecule is CN=C(NCCc1ccccc1)NCCC(C)C.I. The number of nitrogens with zero attached hydrogens (tertiary/aromatic N) is 1. The molecule has 108 valence electrons. The summed E-state index contributed by atoms with van der Waals surface area (Å²) >= 11 is 0. The van der Waals surface area contributed by atoms with Crippen LogP contribution < -0.4 is 10.6 Å². The summed E-state index contributed by atoms with van der Waals surface area (Å²) in [6, 6.07) is 10.5. The zero-order valence-electron chi connectivity index (χ0n) is 12.1. The van der Waals surface area contributed by atoms with Crippen LogP contribution in [0.1, 0.15) is 25.8 Å². The summed E-state index contributed by atoms with van der Waals surface area (Å²) in [4.78, 5) is 4.21. The number of rotatable bonds is 6. The van der Waals surface area contributed by atoms with Crippen molar-refractivity contribution < 1.29 is 0 Å². The summed E-state index contributed by atoms with van der Waals surface area (Å²) in [6.45, 7) is 6.34. The lowest BCUT2D eigenvalue weighted by atomic mass is 10.1. The number of hydrogen-bond acceptors (Lipinski definition) is 1. The zero-order valence-corrected chi connectivity index (χ0v) is 14.5. The summed E-state index contributed by atoms with van der Waals surface area (Å²) < 4.78 is 0. The minimum atomic E-state index is 0. The highest BCUT2D eigenvalue weighted by molar-refractivity contribution is 14.0. The number of nitrogens with one attached hydrogen (secondary N) is 2. The Labute approximate surface area is 134 Å². The number of guanidine groups is 1. The monoisotopic (exact) mass is 375 g/mol. The number of benzene rings is 1. The molecule has 2 N–H and O–H groups in total. The van der Waals surface area contributed by atoms with Gasteiger partial charge in [0, 0.05) is 20.1 Å². The molecule has 1 aromatic rings. The molecular formula is C15H26IN3. The van der Waals surface area contributed by atoms with E-state index in [9.17, 15) is 0 Å². The fraction of sp³-hybridized carbons (Fsp3) is 0.533. The van der Waals surface area contributed by atoms with Gasteiger partial charge in [0.2, 0.25) is 0 Å². The average Bonchev–Trinajstić information content (AvgIpc) is 2.38. The molecular weight excluding hydrogens is 349 g/mol. The third-order valence-corrected chi connectivity index (χ3v) is 2.79. The smallest absolute Gasteiger partial charge is 0.190 e. The highest BCUT2D eigenvalue weighted by Gasteiger charge is 1.98. The highest BCUT2D eigenvalue weighted by atomic mass is 127. The second kappa shape index (κ2) is 11.1. The molecule has 0 unspecified atom stereocenters. The first-order valence-electron chi connectivity index (χ1n) is 6.71. The van der Waals surface area contributed by atoms with E-state index < -0.39 is 0 Å². The van der Waals surface area contributed by atoms with Crippen LogP contribution >= 0.6 is 24.0 Å². The maximum Gasteiger partial charge on any atom is 0.190 e. The molecule has 1 aromatic carbocycles. The molecule has 0 heterocycles. The predicted octanol–water partition coefficient (Wildman–Crippen LogP) is 3.06. The van der Waals surface area contributed by atoms with Crippen LogP contribution in [0.4, 0.5) is 0 Å². The molecule has 0 aliphatic heterocycles. The standard InChI is InChI=1S/C15H25N3.HI/c1-13(2)9-11-17-15(16-3)18-12-10-14-7-5-4-6-8-14;/h4-8,13H,9-12H2,1-3H3,(H2,16,17,18);1H. The quantitative estimate of drug-likeness (QED) is 0.456. The van der Waals surface area contributed by atoms with E-state index >= 15 is 0 Å². The molecule has 19 heavy (non-hydrogen) atoms. The van der Waals surface area contributed by atoms with E-state index in [-0.39, 0.29) is 24.0 Å². The molecule has 0 saturated carbocycles. The number of halogens is 1. The van der Waals surface area contributed by atoms with E-state index in [0.717, 1.165) is 31.4 Å². The number of hydrogen-bond donors (Lipinski definition) is 2. The molecule has 0 fully saturated rings. The van der Waals surface area contributed by atoms with E-state index in [1.807, 2.05) is 13.1 Å². The van der Waals surface area contributed by atoms with Crippen molar-refractivity contribution >= 4 is 29.9 Å².